The van der Waals surface area contributed by atoms with Crippen molar-refractivity contribution in [3.8, 4) is 0 Å². The van der Waals surface area contributed by atoms with Crippen molar-refractivity contribution in [1.82, 2.24) is 9.88 Å². The molecule has 26 heavy (non-hydrogen) atoms. The monoisotopic (exact) mass is 352 g/mol. The first-order valence-electron chi connectivity index (χ1n) is 10.0. The number of hydrogen-bond donors (Lipinski definition) is 2. The van der Waals surface area contributed by atoms with E-state index < -0.39 is 6.10 Å². The molecular weight excluding hydrogens is 324 g/mol. The molecule has 2 aromatic rings. The number of fused-ring (bicyclic) bond motifs is 1. The summed E-state index contributed by atoms with van der Waals surface area (Å²) in [5.41, 5.74) is 1.86. The summed E-state index contributed by atoms with van der Waals surface area (Å²) in [5.74, 6) is 2.47. The predicted molar refractivity (Wildman–Crippen MR) is 101 cm³/mol. The minimum absolute atomic E-state index is 0.146. The van der Waals surface area contributed by atoms with E-state index in [2.05, 4.69) is 11.4 Å². The van der Waals surface area contributed by atoms with Crippen molar-refractivity contribution < 1.29 is 9.90 Å². The highest BCUT2D eigenvalue weighted by atomic mass is 16.3. The van der Waals surface area contributed by atoms with Gasteiger partial charge in [-0.3, -0.25) is 4.79 Å². The van der Waals surface area contributed by atoms with Crippen molar-refractivity contribution in [3.05, 3.63) is 36.0 Å². The molecule has 4 heteroatoms. The summed E-state index contributed by atoms with van der Waals surface area (Å²) in [7, 11) is 1.99. The van der Waals surface area contributed by atoms with E-state index in [-0.39, 0.29) is 11.3 Å². The third-order valence-corrected chi connectivity index (χ3v) is 7.26. The van der Waals surface area contributed by atoms with E-state index in [0.717, 1.165) is 53.5 Å². The molecular formula is C22H28N2O2. The van der Waals surface area contributed by atoms with Gasteiger partial charge in [0.15, 0.2) is 0 Å². The average Bonchev–Trinajstić information content (AvgIpc) is 2.95. The van der Waals surface area contributed by atoms with Gasteiger partial charge in [-0.2, -0.15) is 0 Å². The average molecular weight is 352 g/mol. The van der Waals surface area contributed by atoms with Crippen LogP contribution in [0.1, 0.15) is 50.2 Å². The summed E-state index contributed by atoms with van der Waals surface area (Å²) in [5, 5.41) is 14.9. The highest BCUT2D eigenvalue weighted by molar-refractivity contribution is 5.85. The molecule has 2 N–H and O–H groups in total. The minimum atomic E-state index is -0.668. The predicted octanol–water partition coefficient (Wildman–Crippen LogP) is 3.54. The summed E-state index contributed by atoms with van der Waals surface area (Å²) in [6.07, 6.45) is 8.52. The van der Waals surface area contributed by atoms with Crippen LogP contribution in [0.4, 0.5) is 0 Å². The van der Waals surface area contributed by atoms with E-state index in [4.69, 9.17) is 0 Å². The smallest absolute Gasteiger partial charge is 0.226 e. The van der Waals surface area contributed by atoms with E-state index in [1.54, 1.807) is 0 Å². The number of carbonyl (C=O) groups is 1. The molecule has 0 aliphatic heterocycles. The maximum absolute atomic E-state index is 13.1. The van der Waals surface area contributed by atoms with E-state index >= 15 is 0 Å². The number of nitrogens with one attached hydrogen (secondary N) is 1. The van der Waals surface area contributed by atoms with E-state index in [1.165, 1.54) is 19.3 Å². The SMILES string of the molecule is Cn1cc(C(O)CNC(=O)C23CC4CC(CC(C4)C2)C3)c2ccccc21. The summed E-state index contributed by atoms with van der Waals surface area (Å²) >= 11 is 0. The molecule has 0 spiro atoms. The summed E-state index contributed by atoms with van der Waals surface area (Å²) in [4.78, 5) is 13.1. The van der Waals surface area contributed by atoms with Crippen LogP contribution in [0.25, 0.3) is 10.9 Å². The number of benzene rings is 1. The van der Waals surface area contributed by atoms with Crippen LogP contribution in [0.3, 0.4) is 0 Å². The van der Waals surface area contributed by atoms with Gasteiger partial charge in [0.1, 0.15) is 0 Å². The van der Waals surface area contributed by atoms with Crippen molar-refractivity contribution in [3.63, 3.8) is 0 Å². The first kappa shape index (κ1) is 16.4. The Bertz CT molecular complexity index is 818. The van der Waals surface area contributed by atoms with Crippen LogP contribution in [0.5, 0.6) is 0 Å². The molecule has 1 aromatic heterocycles. The van der Waals surface area contributed by atoms with Gasteiger partial charge in [-0.25, -0.2) is 0 Å². The number of amides is 1. The zero-order valence-corrected chi connectivity index (χ0v) is 15.4. The third-order valence-electron chi connectivity index (χ3n) is 7.26. The molecule has 0 saturated heterocycles. The second-order valence-corrected chi connectivity index (χ2v) is 9.14. The lowest BCUT2D eigenvalue weighted by Gasteiger charge is -2.55. The molecule has 4 nitrogen and oxygen atoms in total. The summed E-state index contributed by atoms with van der Waals surface area (Å²) in [6, 6.07) is 8.09. The largest absolute Gasteiger partial charge is 0.386 e. The van der Waals surface area contributed by atoms with Gasteiger partial charge in [-0.15, -0.1) is 0 Å². The Labute approximate surface area is 154 Å². The number of aromatic nitrogens is 1. The topological polar surface area (TPSA) is 54.3 Å². The molecule has 1 amide bonds. The first-order chi connectivity index (χ1) is 12.5. The number of rotatable bonds is 4. The van der Waals surface area contributed by atoms with Gasteiger partial charge in [-0.05, 0) is 62.3 Å². The number of aryl methyl sites for hydroxylation is 1. The van der Waals surface area contributed by atoms with Crippen LogP contribution in [-0.2, 0) is 11.8 Å². The van der Waals surface area contributed by atoms with Gasteiger partial charge >= 0.3 is 0 Å². The van der Waals surface area contributed by atoms with Crippen LogP contribution in [0.15, 0.2) is 30.5 Å². The van der Waals surface area contributed by atoms with Crippen molar-refractivity contribution in [2.24, 2.45) is 30.2 Å². The summed E-state index contributed by atoms with van der Waals surface area (Å²) in [6.45, 7) is 0.300. The first-order valence-corrected chi connectivity index (χ1v) is 10.0. The Balaban J connectivity index is 1.31. The zero-order chi connectivity index (χ0) is 17.9. The quantitative estimate of drug-likeness (QED) is 0.884. The van der Waals surface area contributed by atoms with Crippen molar-refractivity contribution in [2.45, 2.75) is 44.6 Å². The molecule has 4 bridgehead atoms. The Morgan fingerprint density at radius 3 is 2.46 bits per heavy atom. The summed E-state index contributed by atoms with van der Waals surface area (Å²) < 4.78 is 2.04. The lowest BCUT2D eigenvalue weighted by molar-refractivity contribution is -0.146. The molecule has 1 aromatic carbocycles. The Morgan fingerprint density at radius 1 is 1.19 bits per heavy atom. The number of nitrogens with zero attached hydrogens (tertiary/aromatic N) is 1. The van der Waals surface area contributed by atoms with E-state index in [1.807, 2.05) is 36.0 Å². The number of aliphatic hydroxyl groups is 1. The maximum atomic E-state index is 13.1. The van der Waals surface area contributed by atoms with Gasteiger partial charge in [-0.1, -0.05) is 18.2 Å². The lowest BCUT2D eigenvalue weighted by Crippen LogP contribution is -2.54. The fourth-order valence-corrected chi connectivity index (χ4v) is 6.51. The van der Waals surface area contributed by atoms with Gasteiger partial charge in [0.25, 0.3) is 0 Å². The third kappa shape index (κ3) is 2.50. The molecule has 138 valence electrons. The molecule has 0 radical (unpaired) electrons. The molecule has 4 aliphatic rings. The van der Waals surface area contributed by atoms with Crippen molar-refractivity contribution >= 4 is 16.8 Å². The lowest BCUT2D eigenvalue weighted by atomic mass is 9.49. The van der Waals surface area contributed by atoms with Gasteiger partial charge in [0, 0.05) is 41.7 Å². The maximum Gasteiger partial charge on any atom is 0.226 e. The number of hydrogen-bond acceptors (Lipinski definition) is 2. The fourth-order valence-electron chi connectivity index (χ4n) is 6.51. The normalized spacial score (nSPS) is 33.5. The van der Waals surface area contributed by atoms with E-state index in [0.29, 0.717) is 6.54 Å². The van der Waals surface area contributed by atoms with Gasteiger partial charge < -0.3 is 15.0 Å². The minimum Gasteiger partial charge on any atom is -0.386 e. The highest BCUT2D eigenvalue weighted by Gasteiger charge is 2.54. The van der Waals surface area contributed by atoms with Gasteiger partial charge in [0.2, 0.25) is 5.91 Å². The number of aliphatic hydroxyl groups excluding tert-OH is 1. The van der Waals surface area contributed by atoms with Crippen molar-refractivity contribution in [2.75, 3.05) is 6.54 Å². The standard InChI is InChI=1S/C22H28N2O2/c1-24-13-18(17-4-2-3-5-19(17)24)20(25)12-23-21(26)22-9-14-6-15(10-22)8-16(7-14)11-22/h2-5,13-16,20,25H,6-12H2,1H3,(H,23,26). The Morgan fingerprint density at radius 2 is 1.81 bits per heavy atom. The number of para-hydroxylation sites is 1. The second-order valence-electron chi connectivity index (χ2n) is 9.14. The molecule has 1 atom stereocenters. The van der Waals surface area contributed by atoms with Crippen LogP contribution in [-0.4, -0.2) is 22.1 Å². The molecule has 4 fully saturated rings. The molecule has 6 rings (SSSR count). The van der Waals surface area contributed by atoms with Crippen LogP contribution in [0.2, 0.25) is 0 Å². The van der Waals surface area contributed by atoms with Crippen LogP contribution < -0.4 is 5.32 Å². The van der Waals surface area contributed by atoms with Crippen molar-refractivity contribution in [1.29, 1.82) is 0 Å². The van der Waals surface area contributed by atoms with Gasteiger partial charge in [0.05, 0.1) is 6.10 Å². The highest BCUT2D eigenvalue weighted by Crippen LogP contribution is 2.60. The molecule has 4 aliphatic carbocycles. The molecule has 1 unspecified atom stereocenters. The second kappa shape index (κ2) is 5.85. The van der Waals surface area contributed by atoms with Crippen LogP contribution in [0, 0.1) is 23.2 Å². The zero-order valence-electron chi connectivity index (χ0n) is 15.4. The van der Waals surface area contributed by atoms with Crippen LogP contribution >= 0.6 is 0 Å². The molecule has 1 heterocycles. The fraction of sp³-hybridized carbons (Fsp3) is 0.591. The number of carbonyl (C=O) groups excluding carboxylic acids is 1. The van der Waals surface area contributed by atoms with E-state index in [9.17, 15) is 9.90 Å². The Kier molecular flexibility index (Phi) is 3.68. The Hall–Kier alpha value is -1.81. The molecule has 4 saturated carbocycles.